The third-order valence-corrected chi connectivity index (χ3v) is 5.52. The zero-order valence-corrected chi connectivity index (χ0v) is 20.1. The molecule has 0 spiro atoms. The molecule has 2 aromatic carbocycles. The van der Waals surface area contributed by atoms with Gasteiger partial charge in [0.1, 0.15) is 12.6 Å². The van der Waals surface area contributed by atoms with Gasteiger partial charge in [-0.25, -0.2) is 5.01 Å². The molecule has 0 aromatic heterocycles. The predicted molar refractivity (Wildman–Crippen MR) is 126 cm³/mol. The molecule has 0 bridgehead atoms. The molecule has 0 saturated heterocycles. The lowest BCUT2D eigenvalue weighted by molar-refractivity contribution is -0.205. The standard InChI is InChI=1S/C23H24Cl2F3N3O4/c1-14(15-6-8-16(24)9-7-15)30-31(22(35)11-10-20(33)23(26,27)28)12-21(34)29-19(13-32)17-4-2-3-5-18(17)25/h2-9,19-20,32-33H,10-13H2,1H3,(H,29,34)/b30-14+/t19?,20-/m0/s1. The van der Waals surface area contributed by atoms with E-state index in [1.807, 2.05) is 0 Å². The molecule has 2 rings (SSSR count). The second-order valence-corrected chi connectivity index (χ2v) is 8.41. The average molecular weight is 534 g/mol. The van der Waals surface area contributed by atoms with Crippen LogP contribution < -0.4 is 5.32 Å². The molecule has 7 nitrogen and oxygen atoms in total. The van der Waals surface area contributed by atoms with Crippen molar-refractivity contribution in [3.05, 3.63) is 69.7 Å². The van der Waals surface area contributed by atoms with Crippen LogP contribution in [-0.4, -0.2) is 58.2 Å². The maximum absolute atomic E-state index is 12.7. The summed E-state index contributed by atoms with van der Waals surface area (Å²) in [6.07, 6.45) is -9.18. The number of aliphatic hydroxyl groups excluding tert-OH is 2. The van der Waals surface area contributed by atoms with E-state index in [1.54, 1.807) is 55.5 Å². The normalized spacial score (nSPS) is 13.8. The predicted octanol–water partition coefficient (Wildman–Crippen LogP) is 4.10. The Hall–Kier alpha value is -2.66. The summed E-state index contributed by atoms with van der Waals surface area (Å²) in [7, 11) is 0. The van der Waals surface area contributed by atoms with Gasteiger partial charge in [0.25, 0.3) is 0 Å². The molecule has 0 radical (unpaired) electrons. The number of halogens is 5. The maximum atomic E-state index is 12.7. The van der Waals surface area contributed by atoms with Crippen LogP contribution in [0.5, 0.6) is 0 Å². The summed E-state index contributed by atoms with van der Waals surface area (Å²) in [6.45, 7) is 0.410. The number of carbonyl (C=O) groups excluding carboxylic acids is 2. The lowest BCUT2D eigenvalue weighted by Crippen LogP contribution is -2.41. The van der Waals surface area contributed by atoms with Crippen molar-refractivity contribution in [1.29, 1.82) is 0 Å². The molecule has 3 N–H and O–H groups in total. The van der Waals surface area contributed by atoms with Crippen molar-refractivity contribution in [3.63, 3.8) is 0 Å². The second-order valence-electron chi connectivity index (χ2n) is 7.56. The van der Waals surface area contributed by atoms with Gasteiger partial charge in [0.05, 0.1) is 18.4 Å². The summed E-state index contributed by atoms with van der Waals surface area (Å²) in [4.78, 5) is 25.4. The highest BCUT2D eigenvalue weighted by Crippen LogP contribution is 2.24. The minimum Gasteiger partial charge on any atom is -0.394 e. The summed E-state index contributed by atoms with van der Waals surface area (Å²) in [6, 6.07) is 12.0. The Morgan fingerprint density at radius 1 is 1.11 bits per heavy atom. The highest BCUT2D eigenvalue weighted by molar-refractivity contribution is 6.31. The number of rotatable bonds is 10. The number of alkyl halides is 3. The number of amides is 2. The van der Waals surface area contributed by atoms with E-state index < -0.39 is 56.1 Å². The number of hydrazone groups is 1. The molecular formula is C23H24Cl2F3N3O4. The number of aliphatic hydroxyl groups is 2. The van der Waals surface area contributed by atoms with Gasteiger partial charge >= 0.3 is 6.18 Å². The van der Waals surface area contributed by atoms with Crippen LogP contribution >= 0.6 is 23.2 Å². The van der Waals surface area contributed by atoms with Crippen LogP contribution in [0.3, 0.4) is 0 Å². The summed E-state index contributed by atoms with van der Waals surface area (Å²) < 4.78 is 37.9. The van der Waals surface area contributed by atoms with E-state index in [0.29, 0.717) is 26.9 Å². The third kappa shape index (κ3) is 8.81. The number of nitrogens with one attached hydrogen (secondary N) is 1. The minimum atomic E-state index is -4.88. The highest BCUT2D eigenvalue weighted by Gasteiger charge is 2.38. The SMILES string of the molecule is C/C(=N\N(CC(=O)NC(CO)c1ccccc1Cl)C(=O)CC[C@H](O)C(F)(F)F)c1ccc(Cl)cc1. The number of carbonyl (C=O) groups is 2. The second kappa shape index (κ2) is 12.9. The quantitative estimate of drug-likeness (QED) is 0.316. The minimum absolute atomic E-state index is 0.295. The van der Waals surface area contributed by atoms with Gasteiger partial charge in [-0.05, 0) is 42.7 Å². The fourth-order valence-corrected chi connectivity index (χ4v) is 3.41. The Morgan fingerprint density at radius 2 is 1.74 bits per heavy atom. The highest BCUT2D eigenvalue weighted by atomic mass is 35.5. The Kier molecular flexibility index (Phi) is 10.5. The van der Waals surface area contributed by atoms with E-state index in [-0.39, 0.29) is 0 Å². The molecule has 2 amide bonds. The van der Waals surface area contributed by atoms with Gasteiger partial charge in [0.15, 0.2) is 0 Å². The molecule has 2 aromatic rings. The summed E-state index contributed by atoms with van der Waals surface area (Å²) in [5.74, 6) is -1.64. The monoisotopic (exact) mass is 533 g/mol. The van der Waals surface area contributed by atoms with Gasteiger partial charge in [0, 0.05) is 16.5 Å². The van der Waals surface area contributed by atoms with Crippen LogP contribution in [0.15, 0.2) is 53.6 Å². The van der Waals surface area contributed by atoms with E-state index >= 15 is 0 Å². The number of nitrogens with zero attached hydrogens (tertiary/aromatic N) is 2. The van der Waals surface area contributed by atoms with E-state index in [0.717, 1.165) is 5.01 Å². The van der Waals surface area contributed by atoms with Gasteiger partial charge in [-0.15, -0.1) is 0 Å². The molecule has 0 aliphatic rings. The van der Waals surface area contributed by atoms with Gasteiger partial charge in [0.2, 0.25) is 11.8 Å². The van der Waals surface area contributed by atoms with Crippen LogP contribution in [0.2, 0.25) is 10.0 Å². The van der Waals surface area contributed by atoms with Crippen LogP contribution in [0.25, 0.3) is 0 Å². The van der Waals surface area contributed by atoms with Gasteiger partial charge in [-0.1, -0.05) is 53.5 Å². The first kappa shape index (κ1) is 28.6. The topological polar surface area (TPSA) is 102 Å². The first-order valence-electron chi connectivity index (χ1n) is 10.4. The molecule has 12 heteroatoms. The number of hydrogen-bond acceptors (Lipinski definition) is 5. The molecule has 0 fully saturated rings. The van der Waals surface area contributed by atoms with E-state index in [1.165, 1.54) is 0 Å². The first-order valence-corrected chi connectivity index (χ1v) is 11.2. The molecular weight excluding hydrogens is 510 g/mol. The van der Waals surface area contributed by atoms with E-state index in [2.05, 4.69) is 10.4 Å². The number of benzene rings is 2. The molecule has 1 unspecified atom stereocenters. The Labute approximate surface area is 210 Å². The third-order valence-electron chi connectivity index (χ3n) is 4.92. The van der Waals surface area contributed by atoms with Crippen LogP contribution in [0.4, 0.5) is 13.2 Å². The van der Waals surface area contributed by atoms with Crippen molar-refractivity contribution in [2.75, 3.05) is 13.2 Å². The molecule has 0 heterocycles. The Balaban J connectivity index is 2.22. The van der Waals surface area contributed by atoms with Gasteiger partial charge in [-0.3, -0.25) is 9.59 Å². The Morgan fingerprint density at radius 3 is 2.31 bits per heavy atom. The maximum Gasteiger partial charge on any atom is 0.414 e. The van der Waals surface area contributed by atoms with Crippen molar-refractivity contribution in [2.24, 2.45) is 5.10 Å². The Bertz CT molecular complexity index is 1050. The molecule has 0 aliphatic carbocycles. The van der Waals surface area contributed by atoms with Crippen molar-refractivity contribution in [2.45, 2.75) is 38.1 Å². The van der Waals surface area contributed by atoms with Crippen molar-refractivity contribution < 1.29 is 33.0 Å². The van der Waals surface area contributed by atoms with Crippen LogP contribution in [-0.2, 0) is 9.59 Å². The van der Waals surface area contributed by atoms with Gasteiger partial charge < -0.3 is 15.5 Å². The first-order chi connectivity index (χ1) is 16.4. The lowest BCUT2D eigenvalue weighted by atomic mass is 10.1. The van der Waals surface area contributed by atoms with Gasteiger partial charge in [-0.2, -0.15) is 18.3 Å². The molecule has 35 heavy (non-hydrogen) atoms. The van der Waals surface area contributed by atoms with Crippen molar-refractivity contribution in [3.8, 4) is 0 Å². The smallest absolute Gasteiger partial charge is 0.394 e. The van der Waals surface area contributed by atoms with Crippen molar-refractivity contribution >= 4 is 40.7 Å². The summed E-state index contributed by atoms with van der Waals surface area (Å²) >= 11 is 12.0. The van der Waals surface area contributed by atoms with Crippen LogP contribution in [0, 0.1) is 0 Å². The largest absolute Gasteiger partial charge is 0.414 e. The molecule has 0 aliphatic heterocycles. The lowest BCUT2D eigenvalue weighted by Gasteiger charge is -2.22. The molecule has 190 valence electrons. The fraction of sp³-hybridized carbons (Fsp3) is 0.348. The zero-order valence-electron chi connectivity index (χ0n) is 18.6. The zero-order chi connectivity index (χ0) is 26.2. The molecule has 0 saturated carbocycles. The fourth-order valence-electron chi connectivity index (χ4n) is 3.02. The van der Waals surface area contributed by atoms with E-state index in [4.69, 9.17) is 23.2 Å². The summed E-state index contributed by atoms with van der Waals surface area (Å²) in [5, 5.41) is 27.1. The van der Waals surface area contributed by atoms with E-state index in [9.17, 15) is 33.0 Å². The van der Waals surface area contributed by atoms with Crippen molar-refractivity contribution in [1.82, 2.24) is 10.3 Å². The van der Waals surface area contributed by atoms with Crippen LogP contribution in [0.1, 0.15) is 36.9 Å². The summed E-state index contributed by atoms with van der Waals surface area (Å²) in [5.41, 5.74) is 1.30. The average Bonchev–Trinajstić information content (AvgIpc) is 2.80. The molecule has 2 atom stereocenters. The number of hydrogen-bond donors (Lipinski definition) is 3.